The average molecular weight is 411 g/mol. The molecule has 0 saturated heterocycles. The van der Waals surface area contributed by atoms with Crippen molar-refractivity contribution in [3.8, 4) is 6.07 Å². The Kier molecular flexibility index (Phi) is 4.71. The number of halogens is 5. The van der Waals surface area contributed by atoms with Crippen LogP contribution in [0.3, 0.4) is 0 Å². The van der Waals surface area contributed by atoms with Gasteiger partial charge in [0, 0.05) is 0 Å². The third-order valence-electron chi connectivity index (χ3n) is 3.42. The average Bonchev–Trinajstić information content (AvgIpc) is 2.80. The van der Waals surface area contributed by atoms with E-state index in [9.17, 15) is 38.2 Å². The van der Waals surface area contributed by atoms with Crippen molar-refractivity contribution in [1.29, 1.82) is 5.26 Å². The van der Waals surface area contributed by atoms with Crippen LogP contribution in [-0.2, 0) is 15.8 Å². The number of carboxylic acid groups (broad SMARTS) is 2. The van der Waals surface area contributed by atoms with Crippen molar-refractivity contribution < 1.29 is 33.0 Å². The van der Waals surface area contributed by atoms with Gasteiger partial charge < -0.3 is 15.9 Å². The van der Waals surface area contributed by atoms with Crippen molar-refractivity contribution in [2.24, 2.45) is 5.73 Å². The number of hydrogen-bond donors (Lipinski definition) is 4. The first-order valence-electron chi connectivity index (χ1n) is 6.39. The van der Waals surface area contributed by atoms with Crippen LogP contribution >= 0.6 is 23.2 Å². The zero-order chi connectivity index (χ0) is 20.0. The molecule has 0 fully saturated rings. The van der Waals surface area contributed by atoms with Gasteiger partial charge in [-0.2, -0.15) is 23.9 Å². The summed E-state index contributed by atoms with van der Waals surface area (Å²) in [5.74, 6) is -4.51. The van der Waals surface area contributed by atoms with Crippen molar-refractivity contribution in [2.45, 2.75) is 11.7 Å². The lowest BCUT2D eigenvalue weighted by molar-refractivity contribution is -0.143. The topological polar surface area (TPSA) is 140 Å². The second kappa shape index (κ2) is 6.24. The predicted molar refractivity (Wildman–Crippen MR) is 81.9 cm³/mol. The van der Waals surface area contributed by atoms with Gasteiger partial charge in [-0.1, -0.05) is 23.2 Å². The third kappa shape index (κ3) is 2.88. The summed E-state index contributed by atoms with van der Waals surface area (Å²) in [4.78, 5) is 22.9. The molecule has 0 aliphatic carbocycles. The Labute approximate surface area is 152 Å². The summed E-state index contributed by atoms with van der Waals surface area (Å²) in [7, 11) is 0. The maximum absolute atomic E-state index is 12.8. The highest BCUT2D eigenvalue weighted by Gasteiger charge is 2.55. The summed E-state index contributed by atoms with van der Waals surface area (Å²) in [6, 6.07) is 2.26. The summed E-state index contributed by atoms with van der Waals surface area (Å²) < 4.78 is 38.4. The number of benzene rings is 1. The number of rotatable bonds is 3. The van der Waals surface area contributed by atoms with Crippen LogP contribution in [0.5, 0.6) is 0 Å². The molecule has 138 valence electrons. The Morgan fingerprint density at radius 2 is 1.77 bits per heavy atom. The second-order valence-corrected chi connectivity index (χ2v) is 5.78. The van der Waals surface area contributed by atoms with E-state index in [0.717, 1.165) is 0 Å². The molecule has 1 aliphatic rings. The van der Waals surface area contributed by atoms with Crippen LogP contribution in [0.15, 0.2) is 23.5 Å². The molecule has 1 aromatic carbocycles. The fourth-order valence-electron chi connectivity index (χ4n) is 2.26. The van der Waals surface area contributed by atoms with Gasteiger partial charge >= 0.3 is 18.1 Å². The van der Waals surface area contributed by atoms with Gasteiger partial charge in [0.15, 0.2) is 0 Å². The molecule has 0 amide bonds. The molecular formula is C13H7Cl2F3N4O4. The minimum absolute atomic E-state index is 0.448. The molecule has 0 spiro atoms. The van der Waals surface area contributed by atoms with E-state index in [1.807, 2.05) is 5.43 Å². The molecule has 0 saturated carbocycles. The Morgan fingerprint density at radius 3 is 2.08 bits per heavy atom. The molecule has 26 heavy (non-hydrogen) atoms. The summed E-state index contributed by atoms with van der Waals surface area (Å²) >= 11 is 11.6. The number of nitrogens with zero attached hydrogens (tertiary/aromatic N) is 2. The van der Waals surface area contributed by atoms with Gasteiger partial charge in [0.05, 0.1) is 21.3 Å². The molecule has 0 radical (unpaired) electrons. The first kappa shape index (κ1) is 19.6. The normalized spacial score (nSPS) is 20.2. The summed E-state index contributed by atoms with van der Waals surface area (Å²) in [6.07, 6.45) is -4.77. The molecule has 1 unspecified atom stereocenters. The highest BCUT2D eigenvalue weighted by Crippen LogP contribution is 2.43. The van der Waals surface area contributed by atoms with Gasteiger partial charge in [0.25, 0.3) is 5.54 Å². The number of anilines is 1. The van der Waals surface area contributed by atoms with E-state index in [2.05, 4.69) is 0 Å². The number of carboxylic acids is 2. The van der Waals surface area contributed by atoms with E-state index in [1.54, 1.807) is 0 Å². The fraction of sp³-hybridized carbons (Fsp3) is 0.154. The van der Waals surface area contributed by atoms with Crippen LogP contribution < -0.4 is 16.2 Å². The first-order chi connectivity index (χ1) is 11.9. The lowest BCUT2D eigenvalue weighted by atomic mass is 9.93. The second-order valence-electron chi connectivity index (χ2n) is 4.97. The van der Waals surface area contributed by atoms with Crippen LogP contribution in [0.4, 0.5) is 18.9 Å². The maximum Gasteiger partial charge on any atom is 0.416 e. The molecule has 5 N–H and O–H groups in total. The maximum atomic E-state index is 12.8. The monoisotopic (exact) mass is 410 g/mol. The van der Waals surface area contributed by atoms with Crippen molar-refractivity contribution in [3.05, 3.63) is 39.1 Å². The molecule has 13 heteroatoms. The number of carbonyl (C=O) groups is 2. The largest absolute Gasteiger partial charge is 0.479 e. The molecule has 2 rings (SSSR count). The molecule has 1 aliphatic heterocycles. The van der Waals surface area contributed by atoms with Crippen LogP contribution in [0.1, 0.15) is 5.56 Å². The number of hydrogen-bond acceptors (Lipinski definition) is 6. The van der Waals surface area contributed by atoms with Gasteiger partial charge in [-0.15, -0.1) is 0 Å². The number of alkyl halides is 3. The minimum atomic E-state index is -4.77. The summed E-state index contributed by atoms with van der Waals surface area (Å²) in [5.41, 5.74) is 2.16. The highest BCUT2D eigenvalue weighted by molar-refractivity contribution is 6.39. The Balaban J connectivity index is 2.70. The van der Waals surface area contributed by atoms with E-state index in [-0.39, 0.29) is 0 Å². The highest BCUT2D eigenvalue weighted by atomic mass is 35.5. The van der Waals surface area contributed by atoms with E-state index >= 15 is 0 Å². The number of nitriles is 1. The van der Waals surface area contributed by atoms with Crippen LogP contribution in [0.25, 0.3) is 0 Å². The Hall–Kier alpha value is -2.68. The van der Waals surface area contributed by atoms with Crippen LogP contribution in [0.2, 0.25) is 10.0 Å². The molecule has 0 aromatic heterocycles. The zero-order valence-corrected chi connectivity index (χ0v) is 13.7. The van der Waals surface area contributed by atoms with E-state index in [0.29, 0.717) is 17.1 Å². The van der Waals surface area contributed by atoms with Crippen LogP contribution in [-0.4, -0.2) is 27.7 Å². The SMILES string of the molecule is N#CC1(C(=O)O)NN(c2c(Cl)cc(C(F)(F)F)cc2Cl)C(N)=C1C(=O)O. The van der Waals surface area contributed by atoms with Crippen molar-refractivity contribution >= 4 is 40.8 Å². The quantitative estimate of drug-likeness (QED) is 0.592. The third-order valence-corrected chi connectivity index (χ3v) is 4.00. The molecule has 8 nitrogen and oxygen atoms in total. The standard InChI is InChI=1S/C13H7Cl2F3N4O4/c14-5-1-4(13(16,17)18)2-6(15)8(5)22-9(20)7(10(23)24)12(3-19,21-22)11(25)26/h1-2,21H,20H2,(H,23,24)(H,25,26). The number of nitrogens with two attached hydrogens (primary N) is 1. The van der Waals surface area contributed by atoms with Gasteiger partial charge in [-0.3, -0.25) is 5.01 Å². The molecule has 1 heterocycles. The fourth-order valence-corrected chi connectivity index (χ4v) is 2.92. The minimum Gasteiger partial charge on any atom is -0.479 e. The summed E-state index contributed by atoms with van der Waals surface area (Å²) in [5, 5.41) is 27.0. The van der Waals surface area contributed by atoms with Crippen molar-refractivity contribution in [2.75, 3.05) is 5.01 Å². The molecule has 1 atom stereocenters. The van der Waals surface area contributed by atoms with E-state index in [4.69, 9.17) is 28.9 Å². The first-order valence-corrected chi connectivity index (χ1v) is 7.14. The number of hydrazine groups is 1. The van der Waals surface area contributed by atoms with E-state index in [1.165, 1.54) is 6.07 Å². The van der Waals surface area contributed by atoms with E-state index < -0.39 is 56.3 Å². The number of nitrogens with one attached hydrogen (secondary N) is 1. The van der Waals surface area contributed by atoms with Crippen LogP contribution in [0, 0.1) is 11.3 Å². The smallest absolute Gasteiger partial charge is 0.416 e. The van der Waals surface area contributed by atoms with Crippen molar-refractivity contribution in [1.82, 2.24) is 5.43 Å². The summed E-state index contributed by atoms with van der Waals surface area (Å²) in [6.45, 7) is 0. The van der Waals surface area contributed by atoms with Gasteiger partial charge in [0.2, 0.25) is 0 Å². The van der Waals surface area contributed by atoms with Crippen molar-refractivity contribution in [3.63, 3.8) is 0 Å². The Bertz CT molecular complexity index is 873. The predicted octanol–water partition coefficient (Wildman–Crippen LogP) is 1.94. The van der Waals surface area contributed by atoms with Gasteiger partial charge in [0.1, 0.15) is 17.5 Å². The number of aliphatic carboxylic acids is 2. The lowest BCUT2D eigenvalue weighted by Crippen LogP contribution is -2.54. The molecular weight excluding hydrogens is 404 g/mol. The zero-order valence-electron chi connectivity index (χ0n) is 12.2. The molecule has 1 aromatic rings. The lowest BCUT2D eigenvalue weighted by Gasteiger charge is -2.25. The van der Waals surface area contributed by atoms with Gasteiger partial charge in [-0.25, -0.2) is 9.59 Å². The molecule has 0 bridgehead atoms. The Morgan fingerprint density at radius 1 is 1.27 bits per heavy atom. The van der Waals surface area contributed by atoms with Gasteiger partial charge in [-0.05, 0) is 12.1 Å².